The molecular formula is C15H29N3O. The van der Waals surface area contributed by atoms with Crippen molar-refractivity contribution in [2.75, 3.05) is 26.2 Å². The largest absolute Gasteiger partial charge is 0.341 e. The third-order valence-corrected chi connectivity index (χ3v) is 4.47. The van der Waals surface area contributed by atoms with Crippen molar-refractivity contribution in [1.82, 2.24) is 15.1 Å². The SMILES string of the molecule is CC(NC1CCN(C(C)C)C1)C(=O)N1CCCCC1. The van der Waals surface area contributed by atoms with Crippen molar-refractivity contribution in [3.05, 3.63) is 0 Å². The van der Waals surface area contributed by atoms with Gasteiger partial charge in [0, 0.05) is 31.7 Å². The Kier molecular flexibility index (Phi) is 5.22. The molecule has 0 radical (unpaired) electrons. The zero-order valence-electron chi connectivity index (χ0n) is 12.7. The number of carbonyl (C=O) groups is 1. The number of rotatable bonds is 4. The Balaban J connectivity index is 1.77. The molecule has 2 atom stereocenters. The number of nitrogens with zero attached hydrogens (tertiary/aromatic N) is 2. The van der Waals surface area contributed by atoms with Gasteiger partial charge in [-0.15, -0.1) is 0 Å². The normalized spacial score (nSPS) is 26.9. The highest BCUT2D eigenvalue weighted by Gasteiger charge is 2.28. The van der Waals surface area contributed by atoms with E-state index in [1.807, 2.05) is 11.8 Å². The number of nitrogens with one attached hydrogen (secondary N) is 1. The summed E-state index contributed by atoms with van der Waals surface area (Å²) in [5.41, 5.74) is 0. The molecule has 4 heteroatoms. The van der Waals surface area contributed by atoms with E-state index in [4.69, 9.17) is 0 Å². The summed E-state index contributed by atoms with van der Waals surface area (Å²) in [7, 11) is 0. The first kappa shape index (κ1) is 14.8. The maximum atomic E-state index is 12.4. The van der Waals surface area contributed by atoms with Crippen LogP contribution in [-0.4, -0.2) is 60.0 Å². The highest BCUT2D eigenvalue weighted by Crippen LogP contribution is 2.14. The minimum absolute atomic E-state index is 0.0322. The first-order valence-corrected chi connectivity index (χ1v) is 7.87. The average molecular weight is 267 g/mol. The number of amides is 1. The minimum atomic E-state index is -0.0322. The van der Waals surface area contributed by atoms with Gasteiger partial charge in [-0.2, -0.15) is 0 Å². The van der Waals surface area contributed by atoms with Crippen LogP contribution < -0.4 is 5.32 Å². The van der Waals surface area contributed by atoms with E-state index in [0.717, 1.165) is 32.6 Å². The molecule has 0 aromatic rings. The number of piperidine rings is 1. The van der Waals surface area contributed by atoms with Crippen LogP contribution in [0.1, 0.15) is 46.5 Å². The van der Waals surface area contributed by atoms with Crippen molar-refractivity contribution in [1.29, 1.82) is 0 Å². The van der Waals surface area contributed by atoms with Crippen LogP contribution in [0.2, 0.25) is 0 Å². The summed E-state index contributed by atoms with van der Waals surface area (Å²) < 4.78 is 0. The third kappa shape index (κ3) is 3.93. The minimum Gasteiger partial charge on any atom is -0.341 e. The molecule has 0 aliphatic carbocycles. The molecule has 2 aliphatic rings. The Labute approximate surface area is 117 Å². The first-order chi connectivity index (χ1) is 9.08. The number of hydrogen-bond donors (Lipinski definition) is 1. The summed E-state index contributed by atoms with van der Waals surface area (Å²) in [4.78, 5) is 16.9. The van der Waals surface area contributed by atoms with Crippen molar-refractivity contribution < 1.29 is 4.79 Å². The van der Waals surface area contributed by atoms with E-state index in [-0.39, 0.29) is 6.04 Å². The molecule has 0 aromatic carbocycles. The van der Waals surface area contributed by atoms with Crippen LogP contribution in [0.25, 0.3) is 0 Å². The van der Waals surface area contributed by atoms with E-state index in [1.165, 1.54) is 19.3 Å². The van der Waals surface area contributed by atoms with Gasteiger partial charge >= 0.3 is 0 Å². The Morgan fingerprint density at radius 3 is 2.37 bits per heavy atom. The predicted octanol–water partition coefficient (Wildman–Crippen LogP) is 1.46. The molecule has 19 heavy (non-hydrogen) atoms. The number of hydrogen-bond acceptors (Lipinski definition) is 3. The molecule has 0 saturated carbocycles. The van der Waals surface area contributed by atoms with Crippen LogP contribution >= 0.6 is 0 Å². The Bertz CT molecular complexity index is 300. The highest BCUT2D eigenvalue weighted by atomic mass is 16.2. The second-order valence-corrected chi connectivity index (χ2v) is 6.35. The molecule has 1 amide bonds. The van der Waals surface area contributed by atoms with Gasteiger partial charge in [-0.25, -0.2) is 0 Å². The summed E-state index contributed by atoms with van der Waals surface area (Å²) in [6.45, 7) is 10.6. The fourth-order valence-corrected chi connectivity index (χ4v) is 3.21. The van der Waals surface area contributed by atoms with Crippen LogP contribution in [0, 0.1) is 0 Å². The lowest BCUT2D eigenvalue weighted by molar-refractivity contribution is -0.134. The molecule has 1 N–H and O–H groups in total. The molecular weight excluding hydrogens is 238 g/mol. The summed E-state index contributed by atoms with van der Waals surface area (Å²) >= 11 is 0. The zero-order chi connectivity index (χ0) is 13.8. The quantitative estimate of drug-likeness (QED) is 0.837. The average Bonchev–Trinajstić information content (AvgIpc) is 2.87. The lowest BCUT2D eigenvalue weighted by Gasteiger charge is -2.30. The summed E-state index contributed by atoms with van der Waals surface area (Å²) in [5, 5.41) is 3.53. The van der Waals surface area contributed by atoms with E-state index in [9.17, 15) is 4.79 Å². The smallest absolute Gasteiger partial charge is 0.239 e. The van der Waals surface area contributed by atoms with Crippen molar-refractivity contribution in [3.8, 4) is 0 Å². The molecule has 0 spiro atoms. The van der Waals surface area contributed by atoms with E-state index in [1.54, 1.807) is 0 Å². The molecule has 2 heterocycles. The van der Waals surface area contributed by atoms with Gasteiger partial charge in [0.05, 0.1) is 6.04 Å². The number of likely N-dealkylation sites (tertiary alicyclic amines) is 2. The van der Waals surface area contributed by atoms with Crippen molar-refractivity contribution in [2.45, 2.75) is 64.6 Å². The van der Waals surface area contributed by atoms with E-state index in [0.29, 0.717) is 18.0 Å². The molecule has 0 aromatic heterocycles. The van der Waals surface area contributed by atoms with Gasteiger partial charge in [-0.1, -0.05) is 0 Å². The topological polar surface area (TPSA) is 35.6 Å². The van der Waals surface area contributed by atoms with Gasteiger partial charge in [0.2, 0.25) is 5.91 Å². The maximum Gasteiger partial charge on any atom is 0.239 e. The van der Waals surface area contributed by atoms with Gasteiger partial charge in [-0.05, 0) is 53.0 Å². The molecule has 110 valence electrons. The van der Waals surface area contributed by atoms with Crippen molar-refractivity contribution in [2.24, 2.45) is 0 Å². The Hall–Kier alpha value is -0.610. The fraction of sp³-hybridized carbons (Fsp3) is 0.933. The van der Waals surface area contributed by atoms with Gasteiger partial charge in [0.25, 0.3) is 0 Å². The lowest BCUT2D eigenvalue weighted by Crippen LogP contribution is -2.50. The molecule has 2 fully saturated rings. The summed E-state index contributed by atoms with van der Waals surface area (Å²) in [5.74, 6) is 0.294. The van der Waals surface area contributed by atoms with Crippen LogP contribution in [0.5, 0.6) is 0 Å². The van der Waals surface area contributed by atoms with Crippen LogP contribution in [-0.2, 0) is 4.79 Å². The molecule has 4 nitrogen and oxygen atoms in total. The maximum absolute atomic E-state index is 12.4. The molecule has 2 rings (SSSR count). The van der Waals surface area contributed by atoms with E-state index >= 15 is 0 Å². The van der Waals surface area contributed by atoms with Gasteiger partial charge in [0.15, 0.2) is 0 Å². The van der Waals surface area contributed by atoms with Gasteiger partial charge < -0.3 is 10.2 Å². The zero-order valence-corrected chi connectivity index (χ0v) is 12.7. The Morgan fingerprint density at radius 2 is 1.79 bits per heavy atom. The van der Waals surface area contributed by atoms with Gasteiger partial charge in [0.1, 0.15) is 0 Å². The number of carbonyl (C=O) groups excluding carboxylic acids is 1. The first-order valence-electron chi connectivity index (χ1n) is 7.87. The summed E-state index contributed by atoms with van der Waals surface area (Å²) in [6, 6.07) is 1.06. The molecule has 0 bridgehead atoms. The Morgan fingerprint density at radius 1 is 1.11 bits per heavy atom. The second-order valence-electron chi connectivity index (χ2n) is 6.35. The second kappa shape index (κ2) is 6.71. The molecule has 2 unspecified atom stereocenters. The molecule has 2 aliphatic heterocycles. The van der Waals surface area contributed by atoms with Crippen LogP contribution in [0.3, 0.4) is 0 Å². The van der Waals surface area contributed by atoms with Crippen LogP contribution in [0.15, 0.2) is 0 Å². The molecule has 2 saturated heterocycles. The van der Waals surface area contributed by atoms with E-state index in [2.05, 4.69) is 24.1 Å². The third-order valence-electron chi connectivity index (χ3n) is 4.47. The van der Waals surface area contributed by atoms with Crippen molar-refractivity contribution in [3.63, 3.8) is 0 Å². The predicted molar refractivity (Wildman–Crippen MR) is 78.1 cm³/mol. The van der Waals surface area contributed by atoms with Gasteiger partial charge in [-0.3, -0.25) is 9.69 Å². The fourth-order valence-electron chi connectivity index (χ4n) is 3.21. The standard InChI is InChI=1S/C15H29N3O/c1-12(2)18-10-7-14(11-18)16-13(3)15(19)17-8-5-4-6-9-17/h12-14,16H,4-11H2,1-3H3. The van der Waals surface area contributed by atoms with Crippen LogP contribution in [0.4, 0.5) is 0 Å². The summed E-state index contributed by atoms with van der Waals surface area (Å²) in [6.07, 6.45) is 4.78. The monoisotopic (exact) mass is 267 g/mol. The van der Waals surface area contributed by atoms with Crippen molar-refractivity contribution >= 4 is 5.91 Å². The highest BCUT2D eigenvalue weighted by molar-refractivity contribution is 5.81. The lowest BCUT2D eigenvalue weighted by atomic mass is 10.1. The van der Waals surface area contributed by atoms with E-state index < -0.39 is 0 Å².